The predicted molar refractivity (Wildman–Crippen MR) is 157 cm³/mol. The van der Waals surface area contributed by atoms with Crippen LogP contribution in [-0.4, -0.2) is 71.6 Å². The van der Waals surface area contributed by atoms with E-state index in [9.17, 15) is 19.2 Å². The molecule has 0 spiro atoms. The Hall–Kier alpha value is -3.83. The van der Waals surface area contributed by atoms with Gasteiger partial charge >= 0.3 is 5.97 Å². The SMILES string of the molecule is CO[C@@H]1/C=C/c2cc3cc(ccc3cn2)[C@@H](C)OC(=O)[C@@H]2CCCN(N2)C(=O)[C@@H](C)NC(=O)[C@H](C(C)C)NC(=O)[C@@H]1C. The molecule has 6 atom stereocenters. The molecule has 226 valence electrons. The standard InChI is InChI=1S/C31H41N5O6/c1-17(2)27-29(38)33-19(4)30(39)36-13-7-8-25(35-36)31(40)42-20(5)21-9-10-22-16-32-24(15-23(22)14-21)11-12-26(41-6)18(3)28(37)34-27/h9-12,14-20,25-27,35H,7-8,13H2,1-6H3,(H,33,38)(H,34,37)/b12-11+/t18-,19-,20-,25+,26-,27+/m1/s1. The second-order valence-corrected chi connectivity index (χ2v) is 11.4. The number of pyridine rings is 1. The van der Waals surface area contributed by atoms with Gasteiger partial charge in [-0.2, -0.15) is 0 Å². The normalized spacial score (nSPS) is 29.1. The van der Waals surface area contributed by atoms with E-state index in [4.69, 9.17) is 9.47 Å². The van der Waals surface area contributed by atoms with Crippen molar-refractivity contribution in [2.24, 2.45) is 11.8 Å². The maximum absolute atomic E-state index is 13.2. The number of carbonyl (C=O) groups is 4. The van der Waals surface area contributed by atoms with Crippen LogP contribution in [0.1, 0.15) is 64.8 Å². The maximum Gasteiger partial charge on any atom is 0.325 e. The van der Waals surface area contributed by atoms with E-state index in [0.29, 0.717) is 25.1 Å². The molecule has 1 aromatic heterocycles. The van der Waals surface area contributed by atoms with Crippen molar-refractivity contribution in [3.05, 3.63) is 47.8 Å². The van der Waals surface area contributed by atoms with Crippen LogP contribution >= 0.6 is 0 Å². The van der Waals surface area contributed by atoms with Gasteiger partial charge in [-0.15, -0.1) is 0 Å². The number of rotatable bonds is 2. The van der Waals surface area contributed by atoms with E-state index in [2.05, 4.69) is 21.0 Å². The molecule has 3 amide bonds. The van der Waals surface area contributed by atoms with Crippen molar-refractivity contribution in [1.29, 1.82) is 0 Å². The third-order valence-electron chi connectivity index (χ3n) is 7.88. The number of ether oxygens (including phenoxy) is 2. The number of fused-ring (bicyclic) bond motifs is 4. The Morgan fingerprint density at radius 1 is 1.02 bits per heavy atom. The Balaban J connectivity index is 1.68. The lowest BCUT2D eigenvalue weighted by atomic mass is 9.98. The minimum Gasteiger partial charge on any atom is -0.457 e. The van der Waals surface area contributed by atoms with Gasteiger partial charge in [0.25, 0.3) is 5.91 Å². The molecule has 2 aliphatic heterocycles. The molecule has 11 heteroatoms. The number of nitrogens with one attached hydrogen (secondary N) is 3. The number of cyclic esters (lactones) is 1. The number of nitrogens with zero attached hydrogens (tertiary/aromatic N) is 2. The van der Waals surface area contributed by atoms with Gasteiger partial charge in [0.2, 0.25) is 11.8 Å². The van der Waals surface area contributed by atoms with E-state index in [1.165, 1.54) is 12.1 Å². The van der Waals surface area contributed by atoms with Crippen LogP contribution in [0.4, 0.5) is 0 Å². The molecule has 3 N–H and O–H groups in total. The van der Waals surface area contributed by atoms with Crippen molar-refractivity contribution in [1.82, 2.24) is 26.1 Å². The lowest BCUT2D eigenvalue weighted by Crippen LogP contribution is -2.61. The van der Waals surface area contributed by atoms with Gasteiger partial charge in [0, 0.05) is 25.2 Å². The molecule has 1 saturated heterocycles. The van der Waals surface area contributed by atoms with Crippen molar-refractivity contribution in [3.8, 4) is 0 Å². The van der Waals surface area contributed by atoms with Gasteiger partial charge in [-0.1, -0.05) is 39.0 Å². The maximum atomic E-state index is 13.2. The summed E-state index contributed by atoms with van der Waals surface area (Å²) in [5.74, 6) is -2.54. The number of hydrazine groups is 1. The molecule has 0 unspecified atom stereocenters. The molecule has 2 aromatic rings. The summed E-state index contributed by atoms with van der Waals surface area (Å²) in [5.41, 5.74) is 4.48. The number of hydrogen-bond donors (Lipinski definition) is 3. The van der Waals surface area contributed by atoms with Crippen molar-refractivity contribution in [2.75, 3.05) is 13.7 Å². The summed E-state index contributed by atoms with van der Waals surface area (Å²) in [5, 5.41) is 8.77. The van der Waals surface area contributed by atoms with Gasteiger partial charge in [-0.25, -0.2) is 5.43 Å². The van der Waals surface area contributed by atoms with E-state index < -0.39 is 48.1 Å². The number of benzene rings is 1. The fourth-order valence-corrected chi connectivity index (χ4v) is 5.17. The highest BCUT2D eigenvalue weighted by Crippen LogP contribution is 2.25. The first-order chi connectivity index (χ1) is 20.0. The zero-order valence-corrected chi connectivity index (χ0v) is 25.0. The van der Waals surface area contributed by atoms with Crippen LogP contribution in [-0.2, 0) is 28.7 Å². The van der Waals surface area contributed by atoms with Gasteiger partial charge in [-0.05, 0) is 61.8 Å². The Morgan fingerprint density at radius 2 is 1.79 bits per heavy atom. The summed E-state index contributed by atoms with van der Waals surface area (Å²) < 4.78 is 11.4. The lowest BCUT2D eigenvalue weighted by Gasteiger charge is -2.35. The van der Waals surface area contributed by atoms with E-state index >= 15 is 0 Å². The van der Waals surface area contributed by atoms with Crippen molar-refractivity contribution in [2.45, 2.75) is 77.8 Å². The first kappa shape index (κ1) is 31.1. The number of esters is 1. The highest BCUT2D eigenvalue weighted by molar-refractivity contribution is 5.92. The number of carbonyl (C=O) groups excluding carboxylic acids is 4. The zero-order chi connectivity index (χ0) is 30.6. The molecule has 0 aliphatic carbocycles. The molecule has 11 nitrogen and oxygen atoms in total. The predicted octanol–water partition coefficient (Wildman–Crippen LogP) is 2.66. The number of methoxy groups -OCH3 is 1. The second-order valence-electron chi connectivity index (χ2n) is 11.4. The molecule has 1 fully saturated rings. The van der Waals surface area contributed by atoms with Crippen LogP contribution in [0.25, 0.3) is 16.8 Å². The molecule has 3 heterocycles. The number of amides is 3. The summed E-state index contributed by atoms with van der Waals surface area (Å²) in [6.07, 6.45) is 5.32. The molecule has 42 heavy (non-hydrogen) atoms. The molecule has 5 bridgehead atoms. The summed E-state index contributed by atoms with van der Waals surface area (Å²) in [6, 6.07) is 5.24. The largest absolute Gasteiger partial charge is 0.457 e. The van der Waals surface area contributed by atoms with E-state index in [-0.39, 0.29) is 17.7 Å². The first-order valence-electron chi connectivity index (χ1n) is 14.5. The van der Waals surface area contributed by atoms with Gasteiger partial charge in [0.15, 0.2) is 0 Å². The van der Waals surface area contributed by atoms with Crippen LogP contribution in [0.5, 0.6) is 0 Å². The Morgan fingerprint density at radius 3 is 2.50 bits per heavy atom. The summed E-state index contributed by atoms with van der Waals surface area (Å²) in [4.78, 5) is 57.3. The minimum atomic E-state index is -0.893. The fraction of sp³-hybridized carbons (Fsp3) is 0.516. The summed E-state index contributed by atoms with van der Waals surface area (Å²) in [7, 11) is 1.52. The van der Waals surface area contributed by atoms with Crippen molar-refractivity contribution in [3.63, 3.8) is 0 Å². The number of aromatic nitrogens is 1. The molecule has 2 aliphatic rings. The molecule has 1 aromatic carbocycles. The zero-order valence-electron chi connectivity index (χ0n) is 25.0. The summed E-state index contributed by atoms with van der Waals surface area (Å²) in [6.45, 7) is 9.14. The van der Waals surface area contributed by atoms with Gasteiger partial charge in [-0.3, -0.25) is 29.2 Å². The highest BCUT2D eigenvalue weighted by atomic mass is 16.5. The van der Waals surface area contributed by atoms with Crippen LogP contribution < -0.4 is 16.1 Å². The van der Waals surface area contributed by atoms with Crippen molar-refractivity contribution < 1.29 is 28.7 Å². The fourth-order valence-electron chi connectivity index (χ4n) is 5.17. The van der Waals surface area contributed by atoms with Crippen LogP contribution in [0, 0.1) is 11.8 Å². The van der Waals surface area contributed by atoms with E-state index in [0.717, 1.165) is 16.3 Å². The quantitative estimate of drug-likeness (QED) is 0.462. The third kappa shape index (κ3) is 7.14. The smallest absolute Gasteiger partial charge is 0.325 e. The minimum absolute atomic E-state index is 0.244. The molecular formula is C31H41N5O6. The average molecular weight is 580 g/mol. The Labute approximate surface area is 246 Å². The monoisotopic (exact) mass is 579 g/mol. The Kier molecular flexibility index (Phi) is 9.95. The van der Waals surface area contributed by atoms with Gasteiger partial charge < -0.3 is 20.1 Å². The molecular weight excluding hydrogens is 538 g/mol. The summed E-state index contributed by atoms with van der Waals surface area (Å²) >= 11 is 0. The number of hydrogen-bond acceptors (Lipinski definition) is 8. The third-order valence-corrected chi connectivity index (χ3v) is 7.88. The topological polar surface area (TPSA) is 139 Å². The van der Waals surface area contributed by atoms with Gasteiger partial charge in [0.1, 0.15) is 24.2 Å². The Bertz CT molecular complexity index is 1360. The van der Waals surface area contributed by atoms with Crippen molar-refractivity contribution >= 4 is 40.5 Å². The van der Waals surface area contributed by atoms with Gasteiger partial charge in [0.05, 0.1) is 17.7 Å². The molecule has 4 rings (SSSR count). The van der Waals surface area contributed by atoms with Crippen LogP contribution in [0.2, 0.25) is 0 Å². The molecule has 0 saturated carbocycles. The average Bonchev–Trinajstić information content (AvgIpc) is 2.98. The second kappa shape index (κ2) is 13.4. The van der Waals surface area contributed by atoms with E-state index in [1.807, 2.05) is 45.0 Å². The van der Waals surface area contributed by atoms with Crippen LogP contribution in [0.3, 0.4) is 0 Å². The highest BCUT2D eigenvalue weighted by Gasteiger charge is 2.34. The lowest BCUT2D eigenvalue weighted by molar-refractivity contribution is -0.157. The molecule has 0 radical (unpaired) electrons. The van der Waals surface area contributed by atoms with Crippen LogP contribution in [0.15, 0.2) is 36.5 Å². The van der Waals surface area contributed by atoms with E-state index in [1.54, 1.807) is 32.2 Å². The first-order valence-corrected chi connectivity index (χ1v) is 14.5.